The van der Waals surface area contributed by atoms with E-state index in [2.05, 4.69) is 28.2 Å². The molecule has 116 valence electrons. The number of methoxy groups -OCH3 is 1. The Bertz CT molecular complexity index is 760. The Balaban J connectivity index is 1.80. The molecule has 1 aromatic heterocycles. The predicted octanol–water partition coefficient (Wildman–Crippen LogP) is 2.63. The SMILES string of the molecule is COC(=O)[C@H]1CN(c2ccccn2)N2C=Cc3ccccc3[C@H]12. The third-order valence-corrected chi connectivity index (χ3v) is 4.45. The lowest BCUT2D eigenvalue weighted by atomic mass is 9.89. The van der Waals surface area contributed by atoms with Crippen LogP contribution in [0.3, 0.4) is 0 Å². The van der Waals surface area contributed by atoms with Gasteiger partial charge in [0, 0.05) is 12.4 Å². The van der Waals surface area contributed by atoms with E-state index in [-0.39, 0.29) is 17.9 Å². The summed E-state index contributed by atoms with van der Waals surface area (Å²) < 4.78 is 5.05. The van der Waals surface area contributed by atoms with Crippen molar-refractivity contribution in [1.29, 1.82) is 0 Å². The Morgan fingerprint density at radius 2 is 2.04 bits per heavy atom. The summed E-state index contributed by atoms with van der Waals surface area (Å²) in [6.45, 7) is 0.549. The van der Waals surface area contributed by atoms with E-state index in [9.17, 15) is 4.79 Å². The molecule has 2 aliphatic heterocycles. The second-order valence-electron chi connectivity index (χ2n) is 5.67. The van der Waals surface area contributed by atoms with E-state index >= 15 is 0 Å². The molecule has 5 heteroatoms. The van der Waals surface area contributed by atoms with E-state index in [1.165, 1.54) is 7.11 Å². The van der Waals surface area contributed by atoms with Crippen molar-refractivity contribution in [3.05, 3.63) is 66.0 Å². The number of fused-ring (bicyclic) bond motifs is 3. The Morgan fingerprint density at radius 1 is 1.22 bits per heavy atom. The fraction of sp³-hybridized carbons (Fsp3) is 0.222. The average molecular weight is 307 g/mol. The number of pyridine rings is 1. The molecule has 2 atom stereocenters. The first-order chi connectivity index (χ1) is 11.3. The zero-order chi connectivity index (χ0) is 15.8. The van der Waals surface area contributed by atoms with E-state index < -0.39 is 0 Å². The molecule has 4 rings (SSSR count). The third kappa shape index (κ3) is 2.16. The number of rotatable bonds is 2. The van der Waals surface area contributed by atoms with Gasteiger partial charge in [-0.25, -0.2) is 4.98 Å². The van der Waals surface area contributed by atoms with Gasteiger partial charge in [-0.3, -0.25) is 14.8 Å². The van der Waals surface area contributed by atoms with E-state index in [1.807, 2.05) is 41.5 Å². The number of benzene rings is 1. The molecule has 0 radical (unpaired) electrons. The molecule has 2 aromatic rings. The fourth-order valence-electron chi connectivity index (χ4n) is 3.41. The van der Waals surface area contributed by atoms with Crippen LogP contribution in [0.25, 0.3) is 6.08 Å². The van der Waals surface area contributed by atoms with Crippen LogP contribution in [0, 0.1) is 5.92 Å². The lowest BCUT2D eigenvalue weighted by Gasteiger charge is -2.35. The summed E-state index contributed by atoms with van der Waals surface area (Å²) in [7, 11) is 1.45. The Morgan fingerprint density at radius 3 is 2.83 bits per heavy atom. The van der Waals surface area contributed by atoms with Crippen LogP contribution >= 0.6 is 0 Å². The molecule has 23 heavy (non-hydrogen) atoms. The molecule has 0 unspecified atom stereocenters. The molecule has 0 aliphatic carbocycles. The maximum absolute atomic E-state index is 12.3. The lowest BCUT2D eigenvalue weighted by molar-refractivity contribution is -0.145. The van der Waals surface area contributed by atoms with Gasteiger partial charge in [0.25, 0.3) is 0 Å². The first-order valence-electron chi connectivity index (χ1n) is 7.61. The van der Waals surface area contributed by atoms with Gasteiger partial charge in [0.05, 0.1) is 19.7 Å². The van der Waals surface area contributed by atoms with Crippen molar-refractivity contribution in [1.82, 2.24) is 9.99 Å². The van der Waals surface area contributed by atoms with Crippen molar-refractivity contribution in [3.63, 3.8) is 0 Å². The maximum Gasteiger partial charge on any atom is 0.313 e. The molecule has 0 bridgehead atoms. The van der Waals surface area contributed by atoms with Crippen LogP contribution in [-0.4, -0.2) is 29.6 Å². The highest BCUT2D eigenvalue weighted by Gasteiger charge is 2.46. The molecule has 5 nitrogen and oxygen atoms in total. The molecule has 0 N–H and O–H groups in total. The summed E-state index contributed by atoms with van der Waals surface area (Å²) in [5.74, 6) is 0.379. The summed E-state index contributed by atoms with van der Waals surface area (Å²) in [5.41, 5.74) is 2.29. The lowest BCUT2D eigenvalue weighted by Crippen LogP contribution is -2.35. The van der Waals surface area contributed by atoms with Gasteiger partial charge in [-0.05, 0) is 29.3 Å². The topological polar surface area (TPSA) is 45.7 Å². The fourth-order valence-corrected chi connectivity index (χ4v) is 3.41. The molecule has 1 aromatic carbocycles. The monoisotopic (exact) mass is 307 g/mol. The summed E-state index contributed by atoms with van der Waals surface area (Å²) in [4.78, 5) is 16.8. The summed E-state index contributed by atoms with van der Waals surface area (Å²) in [6.07, 6.45) is 5.85. The minimum Gasteiger partial charge on any atom is -0.469 e. The number of carbonyl (C=O) groups is 1. The number of aromatic nitrogens is 1. The van der Waals surface area contributed by atoms with Gasteiger partial charge in [0.2, 0.25) is 0 Å². The largest absolute Gasteiger partial charge is 0.469 e. The van der Waals surface area contributed by atoms with Crippen LogP contribution in [0.2, 0.25) is 0 Å². The van der Waals surface area contributed by atoms with Crippen LogP contribution in [0.4, 0.5) is 5.82 Å². The highest BCUT2D eigenvalue weighted by Crippen LogP contribution is 2.43. The molecular weight excluding hydrogens is 290 g/mol. The first-order valence-corrected chi connectivity index (χ1v) is 7.61. The standard InChI is InChI=1S/C18H17N3O2/c1-23-18(22)15-12-21(16-8-4-5-10-19-16)20-11-9-13-6-2-3-7-14(13)17(15)20/h2-11,15,17H,12H2,1H3/t15-,17+/m0/s1. The molecule has 2 aliphatic rings. The smallest absolute Gasteiger partial charge is 0.313 e. The van der Waals surface area contributed by atoms with Crippen LogP contribution < -0.4 is 5.01 Å². The normalized spacial score (nSPS) is 21.8. The second kappa shape index (κ2) is 5.43. The molecular formula is C18H17N3O2. The van der Waals surface area contributed by atoms with Crippen molar-refractivity contribution < 1.29 is 9.53 Å². The van der Waals surface area contributed by atoms with E-state index in [1.54, 1.807) is 6.20 Å². The maximum atomic E-state index is 12.3. The number of hydrogen-bond acceptors (Lipinski definition) is 5. The van der Waals surface area contributed by atoms with Crippen LogP contribution in [0.5, 0.6) is 0 Å². The minimum atomic E-state index is -0.256. The number of esters is 1. The van der Waals surface area contributed by atoms with E-state index in [0.29, 0.717) is 6.54 Å². The van der Waals surface area contributed by atoms with Crippen molar-refractivity contribution in [2.45, 2.75) is 6.04 Å². The number of carbonyl (C=O) groups excluding carboxylic acids is 1. The average Bonchev–Trinajstić information content (AvgIpc) is 3.02. The number of nitrogens with zero attached hydrogens (tertiary/aromatic N) is 3. The van der Waals surface area contributed by atoms with Gasteiger partial charge >= 0.3 is 5.97 Å². The van der Waals surface area contributed by atoms with Gasteiger partial charge in [-0.2, -0.15) is 0 Å². The van der Waals surface area contributed by atoms with Gasteiger partial charge < -0.3 is 4.74 Å². The molecule has 1 fully saturated rings. The molecule has 0 spiro atoms. The minimum absolute atomic E-state index is 0.0642. The molecule has 1 saturated heterocycles. The van der Waals surface area contributed by atoms with E-state index in [0.717, 1.165) is 16.9 Å². The zero-order valence-electron chi connectivity index (χ0n) is 12.8. The van der Waals surface area contributed by atoms with Crippen molar-refractivity contribution in [3.8, 4) is 0 Å². The van der Waals surface area contributed by atoms with Gasteiger partial charge in [0.15, 0.2) is 0 Å². The zero-order valence-corrected chi connectivity index (χ0v) is 12.8. The van der Waals surface area contributed by atoms with E-state index in [4.69, 9.17) is 4.74 Å². The highest BCUT2D eigenvalue weighted by molar-refractivity contribution is 5.76. The first kappa shape index (κ1) is 13.8. The number of anilines is 1. The Hall–Kier alpha value is -2.82. The Labute approximate surface area is 134 Å². The predicted molar refractivity (Wildman–Crippen MR) is 87.1 cm³/mol. The van der Waals surface area contributed by atoms with Gasteiger partial charge in [-0.1, -0.05) is 30.3 Å². The van der Waals surface area contributed by atoms with Gasteiger partial charge in [0.1, 0.15) is 11.7 Å². The highest BCUT2D eigenvalue weighted by atomic mass is 16.5. The van der Waals surface area contributed by atoms with Crippen molar-refractivity contribution in [2.75, 3.05) is 18.7 Å². The van der Waals surface area contributed by atoms with Crippen molar-refractivity contribution >= 4 is 17.9 Å². The number of ether oxygens (including phenoxy) is 1. The van der Waals surface area contributed by atoms with Crippen LogP contribution in [0.1, 0.15) is 17.2 Å². The third-order valence-electron chi connectivity index (χ3n) is 4.45. The summed E-state index contributed by atoms with van der Waals surface area (Å²) >= 11 is 0. The van der Waals surface area contributed by atoms with Crippen LogP contribution in [0.15, 0.2) is 54.9 Å². The number of hydrogen-bond donors (Lipinski definition) is 0. The second-order valence-corrected chi connectivity index (χ2v) is 5.67. The van der Waals surface area contributed by atoms with Gasteiger partial charge in [-0.15, -0.1) is 0 Å². The quantitative estimate of drug-likeness (QED) is 0.798. The Kier molecular flexibility index (Phi) is 3.26. The van der Waals surface area contributed by atoms with Crippen LogP contribution in [-0.2, 0) is 9.53 Å². The van der Waals surface area contributed by atoms with Crippen molar-refractivity contribution in [2.24, 2.45) is 5.92 Å². The summed E-state index contributed by atoms with van der Waals surface area (Å²) in [6, 6.07) is 13.9. The molecule has 3 heterocycles. The molecule has 0 saturated carbocycles. The summed E-state index contributed by atoms with van der Waals surface area (Å²) in [5, 5.41) is 4.13. The number of hydrazine groups is 1. The molecule has 0 amide bonds.